The standard InChI is InChI=1S/C12H16FN/c1-9-4-2-3-5-10(9)6-12(13)7-11(14)8-12/h2-5,11H,6-8,14H2,1H3. The Morgan fingerprint density at radius 2 is 2.07 bits per heavy atom. The van der Waals surface area contributed by atoms with Crippen molar-refractivity contribution in [2.24, 2.45) is 5.73 Å². The van der Waals surface area contributed by atoms with E-state index in [1.165, 1.54) is 5.56 Å². The molecule has 0 bridgehead atoms. The summed E-state index contributed by atoms with van der Waals surface area (Å²) in [4.78, 5) is 0. The minimum Gasteiger partial charge on any atom is -0.327 e. The average Bonchev–Trinajstić information content (AvgIpc) is 2.06. The van der Waals surface area contributed by atoms with Crippen LogP contribution in [0.25, 0.3) is 0 Å². The summed E-state index contributed by atoms with van der Waals surface area (Å²) in [6.07, 6.45) is 1.55. The number of hydrogen-bond donors (Lipinski definition) is 1. The molecule has 0 spiro atoms. The van der Waals surface area contributed by atoms with E-state index in [-0.39, 0.29) is 6.04 Å². The third-order valence-corrected chi connectivity index (χ3v) is 3.02. The van der Waals surface area contributed by atoms with Gasteiger partial charge in [-0.3, -0.25) is 0 Å². The number of aryl methyl sites for hydroxylation is 1. The number of rotatable bonds is 2. The fourth-order valence-electron chi connectivity index (χ4n) is 2.17. The zero-order valence-corrected chi connectivity index (χ0v) is 8.46. The first-order valence-electron chi connectivity index (χ1n) is 5.08. The summed E-state index contributed by atoms with van der Waals surface area (Å²) in [6.45, 7) is 2.03. The van der Waals surface area contributed by atoms with Gasteiger partial charge in [0.1, 0.15) is 5.67 Å². The Hall–Kier alpha value is -0.890. The summed E-state index contributed by atoms with van der Waals surface area (Å²) >= 11 is 0. The molecule has 1 fully saturated rings. The topological polar surface area (TPSA) is 26.0 Å². The molecule has 1 nitrogen and oxygen atoms in total. The monoisotopic (exact) mass is 193 g/mol. The van der Waals surface area contributed by atoms with E-state index in [1.807, 2.05) is 31.2 Å². The first-order chi connectivity index (χ1) is 6.59. The van der Waals surface area contributed by atoms with Gasteiger partial charge in [0.05, 0.1) is 0 Å². The lowest BCUT2D eigenvalue weighted by Gasteiger charge is -2.39. The molecule has 0 aromatic heterocycles. The molecule has 0 heterocycles. The Morgan fingerprint density at radius 3 is 2.64 bits per heavy atom. The van der Waals surface area contributed by atoms with Gasteiger partial charge in [-0.25, -0.2) is 4.39 Å². The second-order valence-corrected chi connectivity index (χ2v) is 4.42. The molecule has 2 heteroatoms. The highest BCUT2D eigenvalue weighted by atomic mass is 19.1. The third-order valence-electron chi connectivity index (χ3n) is 3.02. The Balaban J connectivity index is 2.08. The molecule has 2 rings (SSSR count). The Labute approximate surface area is 84.1 Å². The lowest BCUT2D eigenvalue weighted by molar-refractivity contribution is 0.0443. The molecule has 0 amide bonds. The maximum Gasteiger partial charge on any atom is 0.118 e. The van der Waals surface area contributed by atoms with Gasteiger partial charge in [0.2, 0.25) is 0 Å². The van der Waals surface area contributed by atoms with Gasteiger partial charge in [0, 0.05) is 12.5 Å². The molecule has 2 N–H and O–H groups in total. The highest BCUT2D eigenvalue weighted by Gasteiger charge is 2.42. The summed E-state index contributed by atoms with van der Waals surface area (Å²) < 4.78 is 13.9. The first kappa shape index (κ1) is 9.66. The predicted molar refractivity (Wildman–Crippen MR) is 55.9 cm³/mol. The summed E-state index contributed by atoms with van der Waals surface area (Å²) in [5.74, 6) is 0. The van der Waals surface area contributed by atoms with E-state index >= 15 is 0 Å². The van der Waals surface area contributed by atoms with Crippen LogP contribution in [0.3, 0.4) is 0 Å². The highest BCUT2D eigenvalue weighted by Crippen LogP contribution is 2.38. The summed E-state index contributed by atoms with van der Waals surface area (Å²) in [6, 6.07) is 8.04. The van der Waals surface area contributed by atoms with Crippen molar-refractivity contribution in [1.29, 1.82) is 0 Å². The maximum absolute atomic E-state index is 13.9. The van der Waals surface area contributed by atoms with Crippen molar-refractivity contribution in [3.05, 3.63) is 35.4 Å². The Morgan fingerprint density at radius 1 is 1.43 bits per heavy atom. The summed E-state index contributed by atoms with van der Waals surface area (Å²) in [5.41, 5.74) is 6.85. The predicted octanol–water partition coefficient (Wildman–Crippen LogP) is 2.37. The van der Waals surface area contributed by atoms with Crippen molar-refractivity contribution in [2.45, 2.75) is 37.9 Å². The second-order valence-electron chi connectivity index (χ2n) is 4.42. The van der Waals surface area contributed by atoms with Crippen LogP contribution in [-0.2, 0) is 6.42 Å². The molecule has 1 saturated carbocycles. The number of alkyl halides is 1. The number of benzene rings is 1. The Kier molecular flexibility index (Phi) is 2.31. The molecule has 1 aromatic rings. The normalized spacial score (nSPS) is 31.2. The maximum atomic E-state index is 13.9. The van der Waals surface area contributed by atoms with E-state index in [0.29, 0.717) is 19.3 Å². The van der Waals surface area contributed by atoms with E-state index in [4.69, 9.17) is 5.73 Å². The van der Waals surface area contributed by atoms with Gasteiger partial charge in [-0.1, -0.05) is 24.3 Å². The van der Waals surface area contributed by atoms with Crippen LogP contribution in [-0.4, -0.2) is 11.7 Å². The third kappa shape index (κ3) is 1.80. The molecular formula is C12H16FN. The van der Waals surface area contributed by atoms with E-state index in [9.17, 15) is 4.39 Å². The van der Waals surface area contributed by atoms with Crippen LogP contribution in [0.5, 0.6) is 0 Å². The smallest absolute Gasteiger partial charge is 0.118 e. The summed E-state index contributed by atoms with van der Waals surface area (Å²) in [7, 11) is 0. The van der Waals surface area contributed by atoms with Gasteiger partial charge in [-0.15, -0.1) is 0 Å². The van der Waals surface area contributed by atoms with Gasteiger partial charge >= 0.3 is 0 Å². The molecule has 0 atom stereocenters. The summed E-state index contributed by atoms with van der Waals surface area (Å²) in [5, 5.41) is 0. The largest absolute Gasteiger partial charge is 0.327 e. The molecule has 1 aromatic carbocycles. The van der Waals surface area contributed by atoms with Crippen LogP contribution >= 0.6 is 0 Å². The fraction of sp³-hybridized carbons (Fsp3) is 0.500. The van der Waals surface area contributed by atoms with E-state index < -0.39 is 5.67 Å². The van der Waals surface area contributed by atoms with Gasteiger partial charge < -0.3 is 5.73 Å². The van der Waals surface area contributed by atoms with E-state index in [2.05, 4.69) is 0 Å². The van der Waals surface area contributed by atoms with Crippen LogP contribution in [0, 0.1) is 6.92 Å². The number of nitrogens with two attached hydrogens (primary N) is 1. The van der Waals surface area contributed by atoms with Crippen molar-refractivity contribution in [3.8, 4) is 0 Å². The van der Waals surface area contributed by atoms with Gasteiger partial charge in [0.15, 0.2) is 0 Å². The molecule has 0 unspecified atom stereocenters. The SMILES string of the molecule is Cc1ccccc1CC1(F)CC(N)C1. The highest BCUT2D eigenvalue weighted by molar-refractivity contribution is 5.28. The molecule has 1 aliphatic carbocycles. The van der Waals surface area contributed by atoms with Crippen LogP contribution in [0.2, 0.25) is 0 Å². The number of hydrogen-bond acceptors (Lipinski definition) is 1. The molecule has 0 aliphatic heterocycles. The molecule has 0 radical (unpaired) electrons. The molecule has 1 aliphatic rings. The van der Waals surface area contributed by atoms with E-state index in [0.717, 1.165) is 5.56 Å². The Bertz CT molecular complexity index is 329. The molecule has 0 saturated heterocycles. The quantitative estimate of drug-likeness (QED) is 0.766. The lowest BCUT2D eigenvalue weighted by Crippen LogP contribution is -2.49. The average molecular weight is 193 g/mol. The molecular weight excluding hydrogens is 177 g/mol. The first-order valence-corrected chi connectivity index (χ1v) is 5.08. The van der Waals surface area contributed by atoms with Crippen molar-refractivity contribution in [3.63, 3.8) is 0 Å². The van der Waals surface area contributed by atoms with Gasteiger partial charge in [0.25, 0.3) is 0 Å². The second kappa shape index (κ2) is 3.35. The van der Waals surface area contributed by atoms with Crippen molar-refractivity contribution in [1.82, 2.24) is 0 Å². The lowest BCUT2D eigenvalue weighted by atomic mass is 9.74. The van der Waals surface area contributed by atoms with Gasteiger partial charge in [-0.2, -0.15) is 0 Å². The van der Waals surface area contributed by atoms with Crippen molar-refractivity contribution < 1.29 is 4.39 Å². The molecule has 14 heavy (non-hydrogen) atoms. The van der Waals surface area contributed by atoms with E-state index in [1.54, 1.807) is 0 Å². The van der Waals surface area contributed by atoms with Crippen molar-refractivity contribution >= 4 is 0 Å². The van der Waals surface area contributed by atoms with Crippen LogP contribution in [0.1, 0.15) is 24.0 Å². The minimum absolute atomic E-state index is 0.0732. The zero-order valence-electron chi connectivity index (χ0n) is 8.46. The van der Waals surface area contributed by atoms with Crippen molar-refractivity contribution in [2.75, 3.05) is 0 Å². The number of halogens is 1. The van der Waals surface area contributed by atoms with Crippen LogP contribution < -0.4 is 5.73 Å². The van der Waals surface area contributed by atoms with Crippen LogP contribution in [0.4, 0.5) is 4.39 Å². The molecule has 76 valence electrons. The minimum atomic E-state index is -1.04. The fourth-order valence-corrected chi connectivity index (χ4v) is 2.17. The van der Waals surface area contributed by atoms with Gasteiger partial charge in [-0.05, 0) is 30.9 Å². The zero-order chi connectivity index (χ0) is 10.2. The van der Waals surface area contributed by atoms with Crippen LogP contribution in [0.15, 0.2) is 24.3 Å².